The molecule has 1 heterocycles. The fourth-order valence-corrected chi connectivity index (χ4v) is 2.99. The van der Waals surface area contributed by atoms with Gasteiger partial charge in [0.2, 0.25) is 0 Å². The molecule has 100 valence electrons. The summed E-state index contributed by atoms with van der Waals surface area (Å²) in [7, 11) is 0. The lowest BCUT2D eigenvalue weighted by atomic mass is 10.0. The average molecular weight is 286 g/mol. The van der Waals surface area contributed by atoms with Crippen LogP contribution in [0.2, 0.25) is 5.02 Å². The molecule has 0 bridgehead atoms. The smallest absolute Gasteiger partial charge is 0.195 e. The summed E-state index contributed by atoms with van der Waals surface area (Å²) in [5, 5.41) is -0.0642. The minimum Gasteiger partial charge on any atom is -0.252 e. The van der Waals surface area contributed by atoms with E-state index in [1.807, 2.05) is 0 Å². The van der Waals surface area contributed by atoms with Gasteiger partial charge in [0.25, 0.3) is 0 Å². The van der Waals surface area contributed by atoms with Gasteiger partial charge in [-0.1, -0.05) is 24.4 Å². The molecular weight excluding hydrogens is 275 g/mol. The Labute approximate surface area is 113 Å². The maximum atomic E-state index is 13.7. The molecule has 1 aliphatic carbocycles. The van der Waals surface area contributed by atoms with Crippen molar-refractivity contribution in [3.05, 3.63) is 40.3 Å². The van der Waals surface area contributed by atoms with Gasteiger partial charge in [-0.05, 0) is 18.9 Å². The first kappa shape index (κ1) is 12.7. The molecule has 0 spiro atoms. The molecule has 19 heavy (non-hydrogen) atoms. The zero-order valence-corrected chi connectivity index (χ0v) is 10.8. The van der Waals surface area contributed by atoms with E-state index in [0.717, 1.165) is 37.4 Å². The Morgan fingerprint density at radius 1 is 1.05 bits per heavy atom. The maximum absolute atomic E-state index is 13.7. The SMILES string of the molecule is Fc1cc2nc(C3CCCC3)cc(Cl)c2c(F)c1F. The second kappa shape index (κ2) is 4.67. The molecule has 0 radical (unpaired) electrons. The molecule has 2 aromatic rings. The predicted octanol–water partition coefficient (Wildman–Crippen LogP) is 4.96. The molecule has 1 fully saturated rings. The van der Waals surface area contributed by atoms with Crippen molar-refractivity contribution in [1.29, 1.82) is 0 Å². The summed E-state index contributed by atoms with van der Waals surface area (Å²) in [6.45, 7) is 0. The molecule has 1 nitrogen and oxygen atoms in total. The van der Waals surface area contributed by atoms with Gasteiger partial charge in [0.05, 0.1) is 15.9 Å². The molecule has 1 aromatic heterocycles. The number of aromatic nitrogens is 1. The van der Waals surface area contributed by atoms with Gasteiger partial charge < -0.3 is 0 Å². The third kappa shape index (κ3) is 2.08. The molecule has 0 amide bonds. The van der Waals surface area contributed by atoms with Crippen LogP contribution in [0.3, 0.4) is 0 Å². The number of nitrogens with zero attached hydrogens (tertiary/aromatic N) is 1. The van der Waals surface area contributed by atoms with Crippen molar-refractivity contribution in [1.82, 2.24) is 4.98 Å². The number of fused-ring (bicyclic) bond motifs is 1. The van der Waals surface area contributed by atoms with Gasteiger partial charge in [0.15, 0.2) is 17.5 Å². The molecule has 3 rings (SSSR count). The summed E-state index contributed by atoms with van der Waals surface area (Å²) < 4.78 is 40.1. The Morgan fingerprint density at radius 2 is 1.74 bits per heavy atom. The third-order valence-corrected chi connectivity index (χ3v) is 3.98. The lowest BCUT2D eigenvalue weighted by Crippen LogP contribution is -2.00. The molecule has 5 heteroatoms. The van der Waals surface area contributed by atoms with Gasteiger partial charge in [-0.15, -0.1) is 0 Å². The summed E-state index contributed by atoms with van der Waals surface area (Å²) in [4.78, 5) is 4.25. The first-order chi connectivity index (χ1) is 9.08. The van der Waals surface area contributed by atoms with E-state index in [-0.39, 0.29) is 21.8 Å². The van der Waals surface area contributed by atoms with Crippen LogP contribution in [0.5, 0.6) is 0 Å². The highest BCUT2D eigenvalue weighted by Crippen LogP contribution is 2.37. The molecule has 0 unspecified atom stereocenters. The van der Waals surface area contributed by atoms with Gasteiger partial charge in [0.1, 0.15) is 0 Å². The van der Waals surface area contributed by atoms with E-state index in [4.69, 9.17) is 11.6 Å². The summed E-state index contributed by atoms with van der Waals surface area (Å²) in [5.41, 5.74) is 0.811. The van der Waals surface area contributed by atoms with Gasteiger partial charge in [-0.3, -0.25) is 4.98 Å². The summed E-state index contributed by atoms with van der Waals surface area (Å²) in [6.07, 6.45) is 4.24. The highest BCUT2D eigenvalue weighted by Gasteiger charge is 2.22. The Morgan fingerprint density at radius 3 is 2.42 bits per heavy atom. The summed E-state index contributed by atoms with van der Waals surface area (Å²) in [5.74, 6) is -3.74. The number of hydrogen-bond acceptors (Lipinski definition) is 1. The molecule has 0 atom stereocenters. The third-order valence-electron chi connectivity index (χ3n) is 3.68. The number of hydrogen-bond donors (Lipinski definition) is 0. The van der Waals surface area contributed by atoms with Gasteiger partial charge in [-0.2, -0.15) is 0 Å². The Bertz CT molecular complexity index is 651. The van der Waals surface area contributed by atoms with Crippen LogP contribution in [-0.2, 0) is 0 Å². The lowest BCUT2D eigenvalue weighted by Gasteiger charge is -2.11. The number of benzene rings is 1. The number of halogens is 4. The fourth-order valence-electron chi connectivity index (χ4n) is 2.70. The van der Waals surface area contributed by atoms with Crippen LogP contribution in [-0.4, -0.2) is 4.98 Å². The van der Waals surface area contributed by atoms with E-state index >= 15 is 0 Å². The molecule has 0 aliphatic heterocycles. The predicted molar refractivity (Wildman–Crippen MR) is 67.8 cm³/mol. The van der Waals surface area contributed by atoms with E-state index in [2.05, 4.69) is 4.98 Å². The van der Waals surface area contributed by atoms with Gasteiger partial charge >= 0.3 is 0 Å². The quantitative estimate of drug-likeness (QED) is 0.675. The topological polar surface area (TPSA) is 12.9 Å². The monoisotopic (exact) mass is 285 g/mol. The highest BCUT2D eigenvalue weighted by molar-refractivity contribution is 6.35. The molecule has 1 aromatic carbocycles. The minimum atomic E-state index is -1.51. The van der Waals surface area contributed by atoms with Crippen molar-refractivity contribution in [2.24, 2.45) is 0 Å². The van der Waals surface area contributed by atoms with Crippen LogP contribution in [0, 0.1) is 17.5 Å². The van der Waals surface area contributed by atoms with Crippen molar-refractivity contribution in [2.75, 3.05) is 0 Å². The number of rotatable bonds is 1. The maximum Gasteiger partial charge on any atom is 0.195 e. The molecular formula is C14H11ClF3N. The first-order valence-electron chi connectivity index (χ1n) is 6.21. The van der Waals surface area contributed by atoms with E-state index < -0.39 is 17.5 Å². The van der Waals surface area contributed by atoms with E-state index in [1.54, 1.807) is 6.07 Å². The second-order valence-corrected chi connectivity index (χ2v) is 5.30. The second-order valence-electron chi connectivity index (χ2n) is 4.89. The van der Waals surface area contributed by atoms with Crippen LogP contribution in [0.25, 0.3) is 10.9 Å². The van der Waals surface area contributed by atoms with Crippen molar-refractivity contribution in [3.8, 4) is 0 Å². The fraction of sp³-hybridized carbons (Fsp3) is 0.357. The van der Waals surface area contributed by atoms with Gasteiger partial charge in [-0.25, -0.2) is 13.2 Å². The van der Waals surface area contributed by atoms with E-state index in [9.17, 15) is 13.2 Å². The molecule has 1 saturated carbocycles. The Hall–Kier alpha value is -1.29. The number of pyridine rings is 1. The van der Waals surface area contributed by atoms with Crippen molar-refractivity contribution in [3.63, 3.8) is 0 Å². The lowest BCUT2D eigenvalue weighted by molar-refractivity contribution is 0.453. The van der Waals surface area contributed by atoms with Crippen LogP contribution >= 0.6 is 11.6 Å². The summed E-state index contributed by atoms with van der Waals surface area (Å²) >= 11 is 6.00. The Kier molecular flexibility index (Phi) is 3.13. The van der Waals surface area contributed by atoms with Gasteiger partial charge in [0, 0.05) is 17.7 Å². The normalized spacial score (nSPS) is 16.4. The first-order valence-corrected chi connectivity index (χ1v) is 6.59. The highest BCUT2D eigenvalue weighted by atomic mass is 35.5. The molecule has 0 saturated heterocycles. The Balaban J connectivity index is 2.23. The molecule has 1 aliphatic rings. The average Bonchev–Trinajstić information content (AvgIpc) is 2.89. The van der Waals surface area contributed by atoms with E-state index in [0.29, 0.717) is 0 Å². The van der Waals surface area contributed by atoms with Crippen LogP contribution in [0.4, 0.5) is 13.2 Å². The van der Waals surface area contributed by atoms with Crippen LogP contribution in [0.1, 0.15) is 37.3 Å². The zero-order valence-electron chi connectivity index (χ0n) is 10.0. The summed E-state index contributed by atoms with van der Waals surface area (Å²) in [6, 6.07) is 2.47. The van der Waals surface area contributed by atoms with Crippen molar-refractivity contribution >= 4 is 22.5 Å². The van der Waals surface area contributed by atoms with Crippen molar-refractivity contribution < 1.29 is 13.2 Å². The largest absolute Gasteiger partial charge is 0.252 e. The van der Waals surface area contributed by atoms with Crippen molar-refractivity contribution in [2.45, 2.75) is 31.6 Å². The van der Waals surface area contributed by atoms with Crippen LogP contribution in [0.15, 0.2) is 12.1 Å². The minimum absolute atomic E-state index is 0.0748. The van der Waals surface area contributed by atoms with E-state index in [1.165, 1.54) is 0 Å². The van der Waals surface area contributed by atoms with Crippen LogP contribution < -0.4 is 0 Å². The molecule has 0 N–H and O–H groups in total. The standard InChI is InChI=1S/C14H11ClF3N/c15-8-5-10(7-3-1-2-4-7)19-11-6-9(16)13(17)14(18)12(8)11/h5-7H,1-4H2. The zero-order chi connectivity index (χ0) is 13.6.